The number of hydrogen-bond acceptors (Lipinski definition) is 3. The Morgan fingerprint density at radius 3 is 2.52 bits per heavy atom. The van der Waals surface area contributed by atoms with Crippen molar-refractivity contribution in [2.45, 2.75) is 33.1 Å². The topological polar surface area (TPSA) is 62.3 Å². The minimum Gasteiger partial charge on any atom is -0.339 e. The van der Waals surface area contributed by atoms with Crippen LogP contribution < -0.4 is 5.32 Å². The van der Waals surface area contributed by atoms with Crippen LogP contribution in [0, 0.1) is 13.8 Å². The second-order valence-electron chi connectivity index (χ2n) is 6.52. The van der Waals surface area contributed by atoms with E-state index < -0.39 is 0 Å². The molecule has 1 fully saturated rings. The minimum atomic E-state index is -0.255. The van der Waals surface area contributed by atoms with E-state index in [4.69, 9.17) is 0 Å². The lowest BCUT2D eigenvalue weighted by molar-refractivity contribution is 0.0724. The van der Waals surface area contributed by atoms with E-state index in [0.717, 1.165) is 42.7 Å². The van der Waals surface area contributed by atoms with E-state index in [-0.39, 0.29) is 11.8 Å². The van der Waals surface area contributed by atoms with Crippen molar-refractivity contribution >= 4 is 17.5 Å². The molecule has 0 radical (unpaired) electrons. The van der Waals surface area contributed by atoms with Crippen molar-refractivity contribution in [3.63, 3.8) is 0 Å². The zero-order chi connectivity index (χ0) is 17.8. The number of nitrogens with zero attached hydrogens (tertiary/aromatic N) is 2. The molecule has 1 aromatic carbocycles. The molecule has 3 rings (SSSR count). The van der Waals surface area contributed by atoms with Gasteiger partial charge in [0.05, 0.1) is 11.1 Å². The standard InChI is InChI=1S/C20H23N3O2/c1-14-7-6-8-18(15(14)2)22-19(24)16-11-17(13-21-12-16)20(25)23-9-4-3-5-10-23/h6-8,11-13H,3-5,9-10H2,1-2H3,(H,22,24). The van der Waals surface area contributed by atoms with E-state index in [0.29, 0.717) is 11.1 Å². The van der Waals surface area contributed by atoms with Crippen LogP contribution in [0.3, 0.4) is 0 Å². The van der Waals surface area contributed by atoms with Crippen LogP contribution in [0.5, 0.6) is 0 Å². The number of carbonyl (C=O) groups is 2. The van der Waals surface area contributed by atoms with Gasteiger partial charge in [0.15, 0.2) is 0 Å². The second kappa shape index (κ2) is 7.47. The van der Waals surface area contributed by atoms with E-state index in [2.05, 4.69) is 10.3 Å². The molecular weight excluding hydrogens is 314 g/mol. The number of pyridine rings is 1. The number of anilines is 1. The van der Waals surface area contributed by atoms with Gasteiger partial charge in [0.2, 0.25) is 0 Å². The second-order valence-corrected chi connectivity index (χ2v) is 6.52. The molecule has 2 aromatic rings. The highest BCUT2D eigenvalue weighted by molar-refractivity contribution is 6.06. The highest BCUT2D eigenvalue weighted by Crippen LogP contribution is 2.19. The number of aromatic nitrogens is 1. The molecule has 2 amide bonds. The van der Waals surface area contributed by atoms with Crippen LogP contribution in [0.4, 0.5) is 5.69 Å². The van der Waals surface area contributed by atoms with Gasteiger partial charge in [-0.25, -0.2) is 0 Å². The van der Waals surface area contributed by atoms with Crippen molar-refractivity contribution in [3.05, 3.63) is 58.9 Å². The van der Waals surface area contributed by atoms with E-state index in [9.17, 15) is 9.59 Å². The number of benzene rings is 1. The Hall–Kier alpha value is -2.69. The third-order valence-electron chi connectivity index (χ3n) is 4.74. The number of aryl methyl sites for hydroxylation is 1. The van der Waals surface area contributed by atoms with Crippen molar-refractivity contribution in [1.82, 2.24) is 9.88 Å². The van der Waals surface area contributed by atoms with Gasteiger partial charge < -0.3 is 10.2 Å². The fourth-order valence-corrected chi connectivity index (χ4v) is 3.04. The van der Waals surface area contributed by atoms with E-state index in [1.165, 1.54) is 18.8 Å². The molecule has 0 atom stereocenters. The average Bonchev–Trinajstić information content (AvgIpc) is 2.65. The lowest BCUT2D eigenvalue weighted by Gasteiger charge is -2.26. The number of hydrogen-bond donors (Lipinski definition) is 1. The van der Waals surface area contributed by atoms with Crippen molar-refractivity contribution in [2.75, 3.05) is 18.4 Å². The molecule has 1 N–H and O–H groups in total. The van der Waals surface area contributed by atoms with Gasteiger partial charge in [0.1, 0.15) is 0 Å². The van der Waals surface area contributed by atoms with E-state index in [1.807, 2.05) is 36.9 Å². The van der Waals surface area contributed by atoms with Crippen molar-refractivity contribution in [3.8, 4) is 0 Å². The molecule has 1 aliphatic rings. The van der Waals surface area contributed by atoms with Crippen molar-refractivity contribution in [2.24, 2.45) is 0 Å². The Balaban J connectivity index is 1.77. The molecular formula is C20H23N3O2. The maximum absolute atomic E-state index is 12.6. The van der Waals surface area contributed by atoms with Gasteiger partial charge in [-0.15, -0.1) is 0 Å². The molecule has 0 unspecified atom stereocenters. The highest BCUT2D eigenvalue weighted by atomic mass is 16.2. The molecule has 1 saturated heterocycles. The maximum atomic E-state index is 12.6. The molecule has 0 aliphatic carbocycles. The number of piperidine rings is 1. The van der Waals surface area contributed by atoms with Crippen LogP contribution in [0.15, 0.2) is 36.7 Å². The van der Waals surface area contributed by atoms with Gasteiger partial charge in [-0.2, -0.15) is 0 Å². The van der Waals surface area contributed by atoms with Gasteiger partial charge in [-0.1, -0.05) is 12.1 Å². The fourth-order valence-electron chi connectivity index (χ4n) is 3.04. The molecule has 130 valence electrons. The molecule has 0 bridgehead atoms. The molecule has 25 heavy (non-hydrogen) atoms. The molecule has 1 aliphatic heterocycles. The predicted molar refractivity (Wildman–Crippen MR) is 97.9 cm³/mol. The summed E-state index contributed by atoms with van der Waals surface area (Å²) in [5.41, 5.74) is 3.78. The Morgan fingerprint density at radius 1 is 1.04 bits per heavy atom. The molecule has 2 heterocycles. The van der Waals surface area contributed by atoms with Crippen LogP contribution in [-0.4, -0.2) is 34.8 Å². The Morgan fingerprint density at radius 2 is 1.76 bits per heavy atom. The minimum absolute atomic E-state index is 0.0476. The summed E-state index contributed by atoms with van der Waals surface area (Å²) in [5, 5.41) is 2.91. The maximum Gasteiger partial charge on any atom is 0.257 e. The number of likely N-dealkylation sites (tertiary alicyclic amines) is 1. The normalized spacial score (nSPS) is 14.2. The largest absolute Gasteiger partial charge is 0.339 e. The van der Waals surface area contributed by atoms with E-state index in [1.54, 1.807) is 6.07 Å². The number of rotatable bonds is 3. The summed E-state index contributed by atoms with van der Waals surface area (Å²) >= 11 is 0. The first-order valence-corrected chi connectivity index (χ1v) is 8.68. The Bertz CT molecular complexity index is 795. The van der Waals surface area contributed by atoms with Crippen LogP contribution in [0.1, 0.15) is 51.1 Å². The first kappa shape index (κ1) is 17.1. The van der Waals surface area contributed by atoms with Gasteiger partial charge in [-0.3, -0.25) is 14.6 Å². The smallest absolute Gasteiger partial charge is 0.257 e. The summed E-state index contributed by atoms with van der Waals surface area (Å²) in [5.74, 6) is -0.303. The average molecular weight is 337 g/mol. The third kappa shape index (κ3) is 3.87. The molecule has 0 spiro atoms. The Kier molecular flexibility index (Phi) is 5.12. The summed E-state index contributed by atoms with van der Waals surface area (Å²) in [7, 11) is 0. The summed E-state index contributed by atoms with van der Waals surface area (Å²) in [6.07, 6.45) is 6.26. The highest BCUT2D eigenvalue weighted by Gasteiger charge is 2.19. The molecule has 5 nitrogen and oxygen atoms in total. The third-order valence-corrected chi connectivity index (χ3v) is 4.74. The van der Waals surface area contributed by atoms with Gasteiger partial charge in [0.25, 0.3) is 11.8 Å². The van der Waals surface area contributed by atoms with Gasteiger partial charge >= 0.3 is 0 Å². The fraction of sp³-hybridized carbons (Fsp3) is 0.350. The predicted octanol–water partition coefficient (Wildman–Crippen LogP) is 3.58. The van der Waals surface area contributed by atoms with Crippen LogP contribution in [-0.2, 0) is 0 Å². The SMILES string of the molecule is Cc1cccc(NC(=O)c2cncc(C(=O)N3CCCCC3)c2)c1C. The summed E-state index contributed by atoms with van der Waals surface area (Å²) in [6, 6.07) is 7.41. The summed E-state index contributed by atoms with van der Waals surface area (Å²) in [6.45, 7) is 5.53. The van der Waals surface area contributed by atoms with Crippen LogP contribution in [0.2, 0.25) is 0 Å². The summed E-state index contributed by atoms with van der Waals surface area (Å²) < 4.78 is 0. The first-order chi connectivity index (χ1) is 12.1. The lowest BCUT2D eigenvalue weighted by Crippen LogP contribution is -2.35. The first-order valence-electron chi connectivity index (χ1n) is 8.68. The van der Waals surface area contributed by atoms with Crippen molar-refractivity contribution < 1.29 is 9.59 Å². The zero-order valence-electron chi connectivity index (χ0n) is 14.7. The number of amides is 2. The molecule has 5 heteroatoms. The number of carbonyl (C=O) groups excluding carboxylic acids is 2. The molecule has 1 aromatic heterocycles. The van der Waals surface area contributed by atoms with Crippen LogP contribution >= 0.6 is 0 Å². The monoisotopic (exact) mass is 337 g/mol. The van der Waals surface area contributed by atoms with E-state index >= 15 is 0 Å². The Labute approximate surface area is 148 Å². The van der Waals surface area contributed by atoms with Crippen LogP contribution in [0.25, 0.3) is 0 Å². The number of nitrogens with one attached hydrogen (secondary N) is 1. The summed E-state index contributed by atoms with van der Waals surface area (Å²) in [4.78, 5) is 31.1. The van der Waals surface area contributed by atoms with Gasteiger partial charge in [-0.05, 0) is 56.4 Å². The quantitative estimate of drug-likeness (QED) is 0.931. The van der Waals surface area contributed by atoms with Crippen molar-refractivity contribution in [1.29, 1.82) is 0 Å². The van der Waals surface area contributed by atoms with Gasteiger partial charge in [0, 0.05) is 31.2 Å². The lowest BCUT2D eigenvalue weighted by atomic mass is 10.1. The molecule has 0 saturated carbocycles. The zero-order valence-corrected chi connectivity index (χ0v) is 14.7.